The van der Waals surface area contributed by atoms with Crippen LogP contribution >= 0.6 is 11.6 Å². The Morgan fingerprint density at radius 1 is 1.26 bits per heavy atom. The van der Waals surface area contributed by atoms with Crippen molar-refractivity contribution in [3.8, 4) is 5.75 Å². The number of sulfonamides is 1. The van der Waals surface area contributed by atoms with Gasteiger partial charge >= 0.3 is 5.97 Å². The van der Waals surface area contributed by atoms with Gasteiger partial charge in [0.05, 0.1) is 41.9 Å². The van der Waals surface area contributed by atoms with Gasteiger partial charge in [-0.1, -0.05) is 17.7 Å². The van der Waals surface area contributed by atoms with E-state index in [1.54, 1.807) is 0 Å². The molecule has 0 atom stereocenters. The summed E-state index contributed by atoms with van der Waals surface area (Å²) in [5, 5.41) is 0.0852. The van der Waals surface area contributed by atoms with Crippen LogP contribution in [-0.2, 0) is 14.8 Å². The molecule has 0 unspecified atom stereocenters. The zero-order valence-electron chi connectivity index (χ0n) is 14.6. The molecule has 0 aliphatic rings. The second kappa shape index (κ2) is 8.41. The van der Waals surface area contributed by atoms with E-state index in [1.807, 2.05) is 0 Å². The summed E-state index contributed by atoms with van der Waals surface area (Å²) >= 11 is 6.16. The predicted molar refractivity (Wildman–Crippen MR) is 100 cm³/mol. The molecule has 0 radical (unpaired) electrons. The molecule has 0 aliphatic heterocycles. The fraction of sp³-hybridized carbons (Fsp3) is 0.167. The number of hydrogen-bond donors (Lipinski definition) is 0. The Hall–Kier alpha value is -2.58. The summed E-state index contributed by atoms with van der Waals surface area (Å²) in [4.78, 5) is 11.5. The van der Waals surface area contributed by atoms with Crippen LogP contribution in [0.2, 0.25) is 5.02 Å². The number of halogens is 2. The number of esters is 1. The number of carbonyl (C=O) groups is 1. The third-order valence-electron chi connectivity index (χ3n) is 3.64. The molecule has 2 aromatic carbocycles. The van der Waals surface area contributed by atoms with Crippen molar-refractivity contribution in [2.24, 2.45) is 0 Å². The molecule has 0 aromatic heterocycles. The summed E-state index contributed by atoms with van der Waals surface area (Å²) in [6.07, 6.45) is 1.35. The average molecular weight is 414 g/mol. The standard InChI is InChI=1S/C18H17ClFNO5S/c1-4-9-21(16-10-12(18(22)26-3)5-7-14(16)19)27(23,24)13-6-8-17(25-2)15(20)11-13/h4-8,10-11H,1,9H2,2-3H3. The highest BCUT2D eigenvalue weighted by Gasteiger charge is 2.27. The lowest BCUT2D eigenvalue weighted by Gasteiger charge is -2.24. The van der Waals surface area contributed by atoms with E-state index < -0.39 is 21.8 Å². The zero-order valence-corrected chi connectivity index (χ0v) is 16.2. The number of methoxy groups -OCH3 is 2. The largest absolute Gasteiger partial charge is 0.494 e. The molecule has 0 fully saturated rings. The Labute approximate surface area is 161 Å². The number of carbonyl (C=O) groups excluding carboxylic acids is 1. The number of hydrogen-bond acceptors (Lipinski definition) is 5. The maximum absolute atomic E-state index is 14.0. The molecule has 9 heteroatoms. The van der Waals surface area contributed by atoms with Gasteiger partial charge in [-0.05, 0) is 36.4 Å². The molecule has 0 saturated heterocycles. The first-order valence-electron chi connectivity index (χ1n) is 7.61. The Morgan fingerprint density at radius 2 is 1.96 bits per heavy atom. The van der Waals surface area contributed by atoms with Crippen LogP contribution in [0.4, 0.5) is 10.1 Å². The maximum atomic E-state index is 14.0. The van der Waals surface area contributed by atoms with Crippen molar-refractivity contribution in [1.82, 2.24) is 0 Å². The molecule has 0 spiro atoms. The number of benzene rings is 2. The van der Waals surface area contributed by atoms with Gasteiger partial charge in [-0.2, -0.15) is 0 Å². The fourth-order valence-corrected chi connectivity index (χ4v) is 4.05. The first-order valence-corrected chi connectivity index (χ1v) is 9.43. The van der Waals surface area contributed by atoms with Crippen molar-refractivity contribution in [2.75, 3.05) is 25.1 Å². The minimum absolute atomic E-state index is 0.0377. The van der Waals surface area contributed by atoms with E-state index in [0.29, 0.717) is 0 Å². The van der Waals surface area contributed by atoms with E-state index in [1.165, 1.54) is 50.6 Å². The maximum Gasteiger partial charge on any atom is 0.337 e. The van der Waals surface area contributed by atoms with E-state index in [2.05, 4.69) is 11.3 Å². The van der Waals surface area contributed by atoms with Gasteiger partial charge in [0.25, 0.3) is 10.0 Å². The van der Waals surface area contributed by atoms with Gasteiger partial charge in [0, 0.05) is 0 Å². The zero-order chi connectivity index (χ0) is 20.2. The highest BCUT2D eigenvalue weighted by atomic mass is 35.5. The van der Waals surface area contributed by atoms with E-state index in [-0.39, 0.29) is 33.5 Å². The van der Waals surface area contributed by atoms with Gasteiger partial charge in [0.1, 0.15) is 0 Å². The summed E-state index contributed by atoms with van der Waals surface area (Å²) in [6.45, 7) is 3.39. The molecule has 0 saturated carbocycles. The van der Waals surface area contributed by atoms with Crippen LogP contribution in [0.1, 0.15) is 10.4 Å². The monoisotopic (exact) mass is 413 g/mol. The third-order valence-corrected chi connectivity index (χ3v) is 5.74. The Bertz CT molecular complexity index is 978. The Morgan fingerprint density at radius 3 is 2.52 bits per heavy atom. The number of nitrogens with zero attached hydrogens (tertiary/aromatic N) is 1. The molecule has 0 aliphatic carbocycles. The van der Waals surface area contributed by atoms with Crippen molar-refractivity contribution in [1.29, 1.82) is 0 Å². The lowest BCUT2D eigenvalue weighted by molar-refractivity contribution is 0.0600. The molecule has 6 nitrogen and oxygen atoms in total. The van der Waals surface area contributed by atoms with Crippen molar-refractivity contribution in [3.05, 3.63) is 65.5 Å². The smallest absolute Gasteiger partial charge is 0.337 e. The first kappa shape index (κ1) is 20.7. The van der Waals surface area contributed by atoms with Gasteiger partial charge in [0.15, 0.2) is 11.6 Å². The minimum Gasteiger partial charge on any atom is -0.494 e. The van der Waals surface area contributed by atoms with E-state index >= 15 is 0 Å². The van der Waals surface area contributed by atoms with Crippen LogP contribution in [0, 0.1) is 5.82 Å². The van der Waals surface area contributed by atoms with Gasteiger partial charge in [0.2, 0.25) is 0 Å². The molecule has 0 bridgehead atoms. The summed E-state index contributed by atoms with van der Waals surface area (Å²) in [7, 11) is -1.73. The van der Waals surface area contributed by atoms with Crippen LogP contribution in [0.5, 0.6) is 5.75 Å². The van der Waals surface area contributed by atoms with Crippen molar-refractivity contribution >= 4 is 33.3 Å². The lowest BCUT2D eigenvalue weighted by Crippen LogP contribution is -2.31. The first-order chi connectivity index (χ1) is 12.8. The SMILES string of the molecule is C=CCN(c1cc(C(=O)OC)ccc1Cl)S(=O)(=O)c1ccc(OC)c(F)c1. The average Bonchev–Trinajstić information content (AvgIpc) is 2.66. The Kier molecular flexibility index (Phi) is 6.45. The van der Waals surface area contributed by atoms with Crippen LogP contribution in [-0.4, -0.2) is 35.2 Å². The van der Waals surface area contributed by atoms with E-state index in [4.69, 9.17) is 16.3 Å². The van der Waals surface area contributed by atoms with Crippen molar-refractivity contribution in [3.63, 3.8) is 0 Å². The van der Waals surface area contributed by atoms with Crippen LogP contribution in [0.3, 0.4) is 0 Å². The highest BCUT2D eigenvalue weighted by molar-refractivity contribution is 7.92. The lowest BCUT2D eigenvalue weighted by atomic mass is 10.2. The van der Waals surface area contributed by atoms with Gasteiger partial charge < -0.3 is 9.47 Å². The number of anilines is 1. The molecular weight excluding hydrogens is 397 g/mol. The molecule has 2 rings (SSSR count). The summed E-state index contributed by atoms with van der Waals surface area (Å²) in [6, 6.07) is 7.34. The van der Waals surface area contributed by atoms with Gasteiger partial charge in [-0.25, -0.2) is 17.6 Å². The highest BCUT2D eigenvalue weighted by Crippen LogP contribution is 2.32. The van der Waals surface area contributed by atoms with E-state index in [0.717, 1.165) is 10.4 Å². The minimum atomic E-state index is -4.21. The van der Waals surface area contributed by atoms with Gasteiger partial charge in [-0.3, -0.25) is 4.31 Å². The molecule has 0 heterocycles. The summed E-state index contributed by atoms with van der Waals surface area (Å²) in [5.74, 6) is -1.57. The second-order valence-corrected chi connectivity index (χ2v) is 7.55. The fourth-order valence-electron chi connectivity index (χ4n) is 2.33. The van der Waals surface area contributed by atoms with Crippen LogP contribution in [0.25, 0.3) is 0 Å². The van der Waals surface area contributed by atoms with E-state index in [9.17, 15) is 17.6 Å². The molecule has 0 N–H and O–H groups in total. The number of rotatable bonds is 7. The molecule has 27 heavy (non-hydrogen) atoms. The Balaban J connectivity index is 2.61. The summed E-state index contributed by atoms with van der Waals surface area (Å²) in [5.41, 5.74) is 0.151. The van der Waals surface area contributed by atoms with Crippen molar-refractivity contribution in [2.45, 2.75) is 4.90 Å². The van der Waals surface area contributed by atoms with Crippen LogP contribution in [0.15, 0.2) is 53.9 Å². The second-order valence-electron chi connectivity index (χ2n) is 5.28. The third kappa shape index (κ3) is 4.23. The molecule has 0 amide bonds. The quantitative estimate of drug-likeness (QED) is 0.511. The van der Waals surface area contributed by atoms with Crippen molar-refractivity contribution < 1.29 is 27.1 Å². The molecular formula is C18H17ClFNO5S. The predicted octanol–water partition coefficient (Wildman–Crippen LogP) is 3.66. The summed E-state index contributed by atoms with van der Waals surface area (Å²) < 4.78 is 50.5. The molecule has 144 valence electrons. The van der Waals surface area contributed by atoms with Crippen LogP contribution < -0.4 is 9.04 Å². The number of ether oxygens (including phenoxy) is 2. The topological polar surface area (TPSA) is 72.9 Å². The van der Waals surface area contributed by atoms with Gasteiger partial charge in [-0.15, -0.1) is 6.58 Å². The molecule has 2 aromatic rings. The normalized spacial score (nSPS) is 11.0.